The number of aryl methyl sites for hydroxylation is 3. The van der Waals surface area contributed by atoms with Gasteiger partial charge < -0.3 is 15.0 Å². The highest BCUT2D eigenvalue weighted by Crippen LogP contribution is 2.19. The zero-order chi connectivity index (χ0) is 21.6. The fourth-order valence-corrected chi connectivity index (χ4v) is 3.08. The molecule has 1 N–H and O–H groups in total. The van der Waals surface area contributed by atoms with Crippen molar-refractivity contribution in [2.45, 2.75) is 60.2 Å². The molecule has 29 heavy (non-hydrogen) atoms. The van der Waals surface area contributed by atoms with E-state index in [4.69, 9.17) is 4.74 Å². The van der Waals surface area contributed by atoms with E-state index in [9.17, 15) is 9.59 Å². The van der Waals surface area contributed by atoms with Crippen molar-refractivity contribution in [3.63, 3.8) is 0 Å². The highest BCUT2D eigenvalue weighted by atomic mass is 16.5. The Balaban J connectivity index is 2.19. The Morgan fingerprint density at radius 2 is 1.69 bits per heavy atom. The number of carbonyl (C=O) groups is 2. The van der Waals surface area contributed by atoms with E-state index >= 15 is 0 Å². The third kappa shape index (κ3) is 6.63. The van der Waals surface area contributed by atoms with Gasteiger partial charge in [0, 0.05) is 12.6 Å². The summed E-state index contributed by atoms with van der Waals surface area (Å²) in [4.78, 5) is 27.2. The lowest BCUT2D eigenvalue weighted by Gasteiger charge is -2.29. The van der Waals surface area contributed by atoms with E-state index in [-0.39, 0.29) is 24.5 Å². The topological polar surface area (TPSA) is 58.6 Å². The smallest absolute Gasteiger partial charge is 0.261 e. The van der Waals surface area contributed by atoms with Crippen LogP contribution in [0.4, 0.5) is 0 Å². The minimum Gasteiger partial charge on any atom is -0.483 e. The summed E-state index contributed by atoms with van der Waals surface area (Å²) < 4.78 is 5.81. The first-order valence-electron chi connectivity index (χ1n) is 10.0. The molecule has 2 aromatic rings. The third-order valence-corrected chi connectivity index (χ3v) is 4.73. The summed E-state index contributed by atoms with van der Waals surface area (Å²) in [7, 11) is 0. The van der Waals surface area contributed by atoms with Gasteiger partial charge in [-0.05, 0) is 64.3 Å². The SMILES string of the molecule is Cc1cccc(CN(C(=O)COc2cc(C)ccc2C)[C@H](C)C(=O)NC(C)C)c1. The monoisotopic (exact) mass is 396 g/mol. The van der Waals surface area contributed by atoms with Crippen LogP contribution in [0.15, 0.2) is 42.5 Å². The van der Waals surface area contributed by atoms with Crippen molar-refractivity contribution in [1.82, 2.24) is 10.2 Å². The predicted molar refractivity (Wildman–Crippen MR) is 116 cm³/mol. The summed E-state index contributed by atoms with van der Waals surface area (Å²) in [6.07, 6.45) is 0. The Kier molecular flexibility index (Phi) is 7.82. The van der Waals surface area contributed by atoms with Gasteiger partial charge in [-0.15, -0.1) is 0 Å². The molecule has 0 bridgehead atoms. The van der Waals surface area contributed by atoms with Gasteiger partial charge in [0.2, 0.25) is 5.91 Å². The maximum atomic E-state index is 13.1. The Bertz CT molecular complexity index is 861. The van der Waals surface area contributed by atoms with Crippen molar-refractivity contribution >= 4 is 11.8 Å². The Morgan fingerprint density at radius 3 is 2.34 bits per heavy atom. The summed E-state index contributed by atoms with van der Waals surface area (Å²) in [5.41, 5.74) is 4.13. The van der Waals surface area contributed by atoms with E-state index in [1.807, 2.05) is 77.1 Å². The molecule has 0 aliphatic rings. The fourth-order valence-electron chi connectivity index (χ4n) is 3.08. The number of hydrogen-bond donors (Lipinski definition) is 1. The van der Waals surface area contributed by atoms with Gasteiger partial charge in [0.15, 0.2) is 6.61 Å². The van der Waals surface area contributed by atoms with Crippen LogP contribution >= 0.6 is 0 Å². The molecular formula is C24H32N2O3. The summed E-state index contributed by atoms with van der Waals surface area (Å²) in [5, 5.41) is 2.89. The highest BCUT2D eigenvalue weighted by Gasteiger charge is 2.27. The molecule has 0 aliphatic carbocycles. The summed E-state index contributed by atoms with van der Waals surface area (Å²) in [6, 6.07) is 13.3. The molecule has 1 atom stereocenters. The average Bonchev–Trinajstić information content (AvgIpc) is 2.65. The molecular weight excluding hydrogens is 364 g/mol. The second kappa shape index (κ2) is 10.1. The van der Waals surface area contributed by atoms with Crippen molar-refractivity contribution in [3.8, 4) is 5.75 Å². The first-order valence-corrected chi connectivity index (χ1v) is 10.0. The molecule has 0 saturated carbocycles. The minimum atomic E-state index is -0.604. The number of nitrogens with zero attached hydrogens (tertiary/aromatic N) is 1. The third-order valence-electron chi connectivity index (χ3n) is 4.73. The van der Waals surface area contributed by atoms with Crippen LogP contribution in [-0.4, -0.2) is 35.4 Å². The zero-order valence-corrected chi connectivity index (χ0v) is 18.3. The maximum Gasteiger partial charge on any atom is 0.261 e. The van der Waals surface area contributed by atoms with Crippen LogP contribution in [0.3, 0.4) is 0 Å². The van der Waals surface area contributed by atoms with E-state index in [0.717, 1.165) is 22.3 Å². The largest absolute Gasteiger partial charge is 0.483 e. The van der Waals surface area contributed by atoms with Crippen LogP contribution in [0.2, 0.25) is 0 Å². The highest BCUT2D eigenvalue weighted by molar-refractivity contribution is 5.88. The van der Waals surface area contributed by atoms with Gasteiger partial charge in [-0.2, -0.15) is 0 Å². The van der Waals surface area contributed by atoms with Crippen molar-refractivity contribution < 1.29 is 14.3 Å². The lowest BCUT2D eigenvalue weighted by molar-refractivity contribution is -0.142. The molecule has 156 valence electrons. The molecule has 0 saturated heterocycles. The van der Waals surface area contributed by atoms with Crippen molar-refractivity contribution in [1.29, 1.82) is 0 Å². The van der Waals surface area contributed by atoms with Gasteiger partial charge in [0.05, 0.1) is 0 Å². The van der Waals surface area contributed by atoms with Gasteiger partial charge in [-0.3, -0.25) is 9.59 Å². The molecule has 0 unspecified atom stereocenters. The average molecular weight is 397 g/mol. The van der Waals surface area contributed by atoms with Gasteiger partial charge >= 0.3 is 0 Å². The molecule has 2 rings (SSSR count). The molecule has 0 heterocycles. The second-order valence-corrected chi connectivity index (χ2v) is 7.91. The van der Waals surface area contributed by atoms with Crippen LogP contribution < -0.4 is 10.1 Å². The van der Waals surface area contributed by atoms with Gasteiger partial charge in [-0.1, -0.05) is 42.0 Å². The molecule has 0 aliphatic heterocycles. The molecule has 2 aromatic carbocycles. The van der Waals surface area contributed by atoms with Crippen LogP contribution in [0.1, 0.15) is 43.0 Å². The first-order chi connectivity index (χ1) is 13.7. The number of carbonyl (C=O) groups excluding carboxylic acids is 2. The minimum absolute atomic E-state index is 0.00654. The lowest BCUT2D eigenvalue weighted by atomic mass is 10.1. The Morgan fingerprint density at radius 1 is 1.00 bits per heavy atom. The van der Waals surface area contributed by atoms with Gasteiger partial charge in [0.25, 0.3) is 5.91 Å². The molecule has 0 radical (unpaired) electrons. The van der Waals surface area contributed by atoms with Crippen LogP contribution in [-0.2, 0) is 16.1 Å². The number of ether oxygens (including phenoxy) is 1. The van der Waals surface area contributed by atoms with Crippen molar-refractivity contribution in [3.05, 3.63) is 64.7 Å². The van der Waals surface area contributed by atoms with Crippen LogP contribution in [0, 0.1) is 20.8 Å². The summed E-state index contributed by atoms with van der Waals surface area (Å²) >= 11 is 0. The van der Waals surface area contributed by atoms with E-state index < -0.39 is 6.04 Å². The number of amides is 2. The Hall–Kier alpha value is -2.82. The van der Waals surface area contributed by atoms with Crippen LogP contribution in [0.5, 0.6) is 5.75 Å². The van der Waals surface area contributed by atoms with Gasteiger partial charge in [0.1, 0.15) is 11.8 Å². The molecule has 5 nitrogen and oxygen atoms in total. The summed E-state index contributed by atoms with van der Waals surface area (Å²) in [6.45, 7) is 11.7. The van der Waals surface area contributed by atoms with Crippen molar-refractivity contribution in [2.24, 2.45) is 0 Å². The summed E-state index contributed by atoms with van der Waals surface area (Å²) in [5.74, 6) is 0.291. The van der Waals surface area contributed by atoms with E-state index in [1.165, 1.54) is 0 Å². The van der Waals surface area contributed by atoms with E-state index in [2.05, 4.69) is 5.32 Å². The number of nitrogens with one attached hydrogen (secondary N) is 1. The molecule has 2 amide bonds. The van der Waals surface area contributed by atoms with Crippen LogP contribution in [0.25, 0.3) is 0 Å². The zero-order valence-electron chi connectivity index (χ0n) is 18.3. The number of benzene rings is 2. The quantitative estimate of drug-likeness (QED) is 0.735. The molecule has 0 spiro atoms. The maximum absolute atomic E-state index is 13.1. The molecule has 5 heteroatoms. The standard InChI is InChI=1S/C24H32N2O3/c1-16(2)25-24(28)20(6)26(14-21-9-7-8-17(3)12-21)23(27)15-29-22-13-18(4)10-11-19(22)5/h7-13,16,20H,14-15H2,1-6H3,(H,25,28)/t20-/m1/s1. The predicted octanol–water partition coefficient (Wildman–Crippen LogP) is 3.93. The molecule has 0 fully saturated rings. The van der Waals surface area contributed by atoms with Crippen molar-refractivity contribution in [2.75, 3.05) is 6.61 Å². The number of hydrogen-bond acceptors (Lipinski definition) is 3. The number of rotatable bonds is 8. The Labute approximate surface area is 174 Å². The normalized spacial score (nSPS) is 11.8. The first kappa shape index (κ1) is 22.5. The van der Waals surface area contributed by atoms with Gasteiger partial charge in [-0.25, -0.2) is 0 Å². The molecule has 0 aromatic heterocycles. The second-order valence-electron chi connectivity index (χ2n) is 7.91. The fraction of sp³-hybridized carbons (Fsp3) is 0.417. The lowest BCUT2D eigenvalue weighted by Crippen LogP contribution is -2.50. The van der Waals surface area contributed by atoms with E-state index in [1.54, 1.807) is 11.8 Å². The van der Waals surface area contributed by atoms with E-state index in [0.29, 0.717) is 12.3 Å².